The molecule has 5 aliphatic rings. The van der Waals surface area contributed by atoms with Gasteiger partial charge in [0.1, 0.15) is 5.76 Å². The van der Waals surface area contributed by atoms with E-state index in [1.807, 2.05) is 13.8 Å². The van der Waals surface area contributed by atoms with Crippen LogP contribution in [0.15, 0.2) is 11.8 Å². The Morgan fingerprint density at radius 2 is 1.60 bits per heavy atom. The van der Waals surface area contributed by atoms with Gasteiger partial charge in [0, 0.05) is 5.41 Å². The Labute approximate surface area is 237 Å². The lowest BCUT2D eigenvalue weighted by Gasteiger charge is -2.72. The smallest absolute Gasteiger partial charge is 0.481 e. The number of carboxylic acids is 1. The molecule has 5 nitrogen and oxygen atoms in total. The first-order chi connectivity index (χ1) is 18.2. The third-order valence-electron chi connectivity index (χ3n) is 13.7. The Morgan fingerprint density at radius 3 is 2.17 bits per heavy atom. The minimum absolute atomic E-state index is 0.0294. The molecule has 4 saturated carbocycles. The van der Waals surface area contributed by atoms with Gasteiger partial charge in [-0.2, -0.15) is 21.6 Å². The van der Waals surface area contributed by atoms with Crippen LogP contribution in [-0.4, -0.2) is 25.0 Å². The fraction of sp³-hybridized carbons (Fsp3) is 0.903. The first-order valence-electron chi connectivity index (χ1n) is 15.1. The van der Waals surface area contributed by atoms with Crippen LogP contribution < -0.4 is 0 Å². The maximum atomic E-state index is 13.2. The van der Waals surface area contributed by atoms with Crippen LogP contribution in [0.25, 0.3) is 0 Å². The summed E-state index contributed by atoms with van der Waals surface area (Å²) in [5, 5.41) is 10.5. The first kappa shape index (κ1) is 30.2. The monoisotopic (exact) mass is 588 g/mol. The quantitative estimate of drug-likeness (QED) is 0.265. The lowest BCUT2D eigenvalue weighted by molar-refractivity contribution is -0.232. The zero-order chi connectivity index (χ0) is 29.9. The Bertz CT molecular complexity index is 1210. The average molecular weight is 589 g/mol. The Balaban J connectivity index is 1.52. The van der Waals surface area contributed by atoms with Crippen molar-refractivity contribution in [3.63, 3.8) is 0 Å². The van der Waals surface area contributed by atoms with Gasteiger partial charge < -0.3 is 9.29 Å². The molecule has 0 heterocycles. The number of alkyl halides is 3. The molecule has 1 N–H and O–H groups in total. The summed E-state index contributed by atoms with van der Waals surface area (Å²) in [6, 6.07) is 0. The molecule has 9 atom stereocenters. The molecule has 5 aliphatic carbocycles. The lowest BCUT2D eigenvalue weighted by Crippen LogP contribution is -2.66. The third kappa shape index (κ3) is 3.76. The van der Waals surface area contributed by atoms with Crippen molar-refractivity contribution in [3.05, 3.63) is 11.8 Å². The van der Waals surface area contributed by atoms with Crippen molar-refractivity contribution in [2.45, 2.75) is 112 Å². The molecule has 0 aromatic rings. The highest BCUT2D eigenvalue weighted by Crippen LogP contribution is 2.77. The van der Waals surface area contributed by atoms with E-state index in [0.717, 1.165) is 44.9 Å². The van der Waals surface area contributed by atoms with Crippen molar-refractivity contribution in [1.82, 2.24) is 0 Å². The SMILES string of the molecule is CC(C)C1CCC2(C(=O)O)CCC3(C)C(CCC4C5(C)CC=C(OS(=O)(=O)C(F)(F)F)C(C)(C)C5CCC43C)C12. The Kier molecular flexibility index (Phi) is 6.71. The number of allylic oxidation sites excluding steroid dienone is 2. The molecule has 5 rings (SSSR count). The normalized spacial score (nSPS) is 46.5. The molecule has 0 bridgehead atoms. The number of rotatable bonds is 4. The summed E-state index contributed by atoms with van der Waals surface area (Å²) in [4.78, 5) is 12.8. The number of halogens is 3. The van der Waals surface area contributed by atoms with E-state index in [4.69, 9.17) is 4.18 Å². The molecule has 40 heavy (non-hydrogen) atoms. The summed E-state index contributed by atoms with van der Waals surface area (Å²) >= 11 is 0. The minimum atomic E-state index is -5.74. The molecule has 0 amide bonds. The maximum absolute atomic E-state index is 13.2. The van der Waals surface area contributed by atoms with Gasteiger partial charge in [-0.05, 0) is 116 Å². The van der Waals surface area contributed by atoms with E-state index in [-0.39, 0.29) is 33.8 Å². The number of carboxylic acid groups (broad SMARTS) is 1. The highest BCUT2D eigenvalue weighted by Gasteiger charge is 2.72. The molecule has 9 heteroatoms. The summed E-state index contributed by atoms with van der Waals surface area (Å²) in [6.07, 6.45) is 9.03. The predicted octanol–water partition coefficient (Wildman–Crippen LogP) is 8.17. The van der Waals surface area contributed by atoms with Gasteiger partial charge in [0.05, 0.1) is 5.41 Å². The highest BCUT2D eigenvalue weighted by molar-refractivity contribution is 7.87. The molecule has 9 unspecified atom stereocenters. The van der Waals surface area contributed by atoms with Crippen LogP contribution in [0.2, 0.25) is 0 Å². The highest BCUT2D eigenvalue weighted by atomic mass is 32.2. The van der Waals surface area contributed by atoms with Crippen LogP contribution in [0.4, 0.5) is 13.2 Å². The Morgan fingerprint density at radius 1 is 0.950 bits per heavy atom. The van der Waals surface area contributed by atoms with Crippen LogP contribution in [0.5, 0.6) is 0 Å². The van der Waals surface area contributed by atoms with Crippen molar-refractivity contribution in [2.24, 2.45) is 62.6 Å². The van der Waals surface area contributed by atoms with Crippen LogP contribution >= 0.6 is 0 Å². The van der Waals surface area contributed by atoms with E-state index in [1.54, 1.807) is 6.08 Å². The van der Waals surface area contributed by atoms with Crippen LogP contribution in [0.1, 0.15) is 106 Å². The van der Waals surface area contributed by atoms with E-state index in [9.17, 15) is 31.5 Å². The van der Waals surface area contributed by atoms with E-state index in [1.165, 1.54) is 0 Å². The Hall–Kier alpha value is -1.25. The summed E-state index contributed by atoms with van der Waals surface area (Å²) in [6.45, 7) is 15.2. The minimum Gasteiger partial charge on any atom is -0.481 e. The maximum Gasteiger partial charge on any atom is 0.534 e. The average Bonchev–Trinajstić information content (AvgIpc) is 3.22. The van der Waals surface area contributed by atoms with E-state index in [0.29, 0.717) is 36.5 Å². The van der Waals surface area contributed by atoms with Gasteiger partial charge in [0.25, 0.3) is 0 Å². The van der Waals surface area contributed by atoms with Crippen LogP contribution in [-0.2, 0) is 19.1 Å². The standard InChI is InChI=1S/C31H47F3O5S/c1-18(2)19-10-15-30(25(35)36)17-16-28(6)20(24(19)30)8-9-22-27(5)13-12-23(39-40(37,38)31(32,33)34)26(3,4)21(27)11-14-29(22,28)7/h12,18-22,24H,8-11,13-17H2,1-7H3,(H,35,36). The molecular weight excluding hydrogens is 541 g/mol. The zero-order valence-corrected chi connectivity index (χ0v) is 25.8. The molecule has 0 radical (unpaired) electrons. The van der Waals surface area contributed by atoms with E-state index < -0.39 is 32.4 Å². The summed E-state index contributed by atoms with van der Waals surface area (Å²) in [7, 11) is -5.74. The molecule has 0 spiro atoms. The van der Waals surface area contributed by atoms with Gasteiger partial charge >= 0.3 is 21.6 Å². The number of hydrogen-bond donors (Lipinski definition) is 1. The van der Waals surface area contributed by atoms with Crippen molar-refractivity contribution in [3.8, 4) is 0 Å². The van der Waals surface area contributed by atoms with Crippen molar-refractivity contribution in [1.29, 1.82) is 0 Å². The fourth-order valence-electron chi connectivity index (χ4n) is 11.7. The van der Waals surface area contributed by atoms with Gasteiger partial charge in [-0.25, -0.2) is 0 Å². The number of aliphatic carboxylic acids is 1. The number of hydrogen-bond acceptors (Lipinski definition) is 4. The molecule has 0 aromatic carbocycles. The summed E-state index contributed by atoms with van der Waals surface area (Å²) in [5.41, 5.74) is -7.28. The molecule has 0 aromatic heterocycles. The van der Waals surface area contributed by atoms with Gasteiger partial charge in [0.15, 0.2) is 0 Å². The number of carbonyl (C=O) groups is 1. The van der Waals surface area contributed by atoms with Crippen molar-refractivity contribution < 1.29 is 35.7 Å². The third-order valence-corrected chi connectivity index (χ3v) is 14.7. The van der Waals surface area contributed by atoms with Gasteiger partial charge in [-0.3, -0.25) is 4.79 Å². The van der Waals surface area contributed by atoms with E-state index in [2.05, 4.69) is 34.6 Å². The molecule has 0 saturated heterocycles. The van der Waals surface area contributed by atoms with Crippen molar-refractivity contribution in [2.75, 3.05) is 0 Å². The van der Waals surface area contributed by atoms with Gasteiger partial charge in [-0.1, -0.05) is 48.5 Å². The molecular formula is C31H47F3O5S. The largest absolute Gasteiger partial charge is 0.534 e. The first-order valence-corrected chi connectivity index (χ1v) is 16.5. The molecule has 4 fully saturated rings. The summed E-state index contributed by atoms with van der Waals surface area (Å²) < 4.78 is 68.2. The molecule has 0 aliphatic heterocycles. The van der Waals surface area contributed by atoms with Crippen LogP contribution in [0, 0.1) is 62.6 Å². The van der Waals surface area contributed by atoms with E-state index >= 15 is 0 Å². The molecule has 228 valence electrons. The van der Waals surface area contributed by atoms with Gasteiger partial charge in [-0.15, -0.1) is 0 Å². The summed E-state index contributed by atoms with van der Waals surface area (Å²) in [5.74, 6) is 0.893. The predicted molar refractivity (Wildman–Crippen MR) is 146 cm³/mol. The second-order valence-corrected chi connectivity index (χ2v) is 17.1. The van der Waals surface area contributed by atoms with Gasteiger partial charge in [0.2, 0.25) is 0 Å². The lowest BCUT2D eigenvalue weighted by atomic mass is 9.32. The second kappa shape index (κ2) is 8.89. The second-order valence-electron chi connectivity index (χ2n) is 15.6. The zero-order valence-electron chi connectivity index (χ0n) is 25.0. The van der Waals surface area contributed by atoms with Crippen molar-refractivity contribution >= 4 is 16.1 Å². The topological polar surface area (TPSA) is 80.7 Å². The van der Waals surface area contributed by atoms with Crippen LogP contribution in [0.3, 0.4) is 0 Å². The fourth-order valence-corrected chi connectivity index (χ4v) is 12.3. The number of fused-ring (bicyclic) bond motifs is 7.